The van der Waals surface area contributed by atoms with E-state index >= 15 is 0 Å². The van der Waals surface area contributed by atoms with Crippen molar-refractivity contribution >= 4 is 30.5 Å². The summed E-state index contributed by atoms with van der Waals surface area (Å²) in [5.41, 5.74) is 5.29. The molecule has 1 aliphatic heterocycles. The van der Waals surface area contributed by atoms with Gasteiger partial charge in [0.1, 0.15) is 32.6 Å². The van der Waals surface area contributed by atoms with Gasteiger partial charge in [0.2, 0.25) is 5.82 Å². The molecule has 0 aromatic carbocycles. The lowest BCUT2D eigenvalue weighted by atomic mass is 10.1. The fourth-order valence-electron chi connectivity index (χ4n) is 2.25. The lowest BCUT2D eigenvalue weighted by Gasteiger charge is -2.19. The summed E-state index contributed by atoms with van der Waals surface area (Å²) in [4.78, 5) is 3.79. The average molecular weight is 473 g/mol. The molecule has 0 spiro atoms. The Morgan fingerprint density at radius 1 is 1.55 bits per heavy atom. The number of nitrogens with one attached hydrogen (secondary N) is 1. The molecule has 1 aromatic heterocycles. The zero-order valence-electron chi connectivity index (χ0n) is 15.6. The average Bonchev–Trinajstić information content (AvgIpc) is 3.26. The molecule has 1 fully saturated rings. The third-order valence-corrected chi connectivity index (χ3v) is 7.37. The first kappa shape index (κ1) is 24.4. The second-order valence-corrected chi connectivity index (χ2v) is 10.4. The first-order valence-corrected chi connectivity index (χ1v) is 12.5. The van der Waals surface area contributed by atoms with Crippen LogP contribution in [0.4, 0.5) is 4.20 Å². The monoisotopic (exact) mass is 473 g/mol. The summed E-state index contributed by atoms with van der Waals surface area (Å²) < 4.78 is 47.2. The van der Waals surface area contributed by atoms with Crippen LogP contribution in [0.15, 0.2) is 17.7 Å². The molecule has 1 aromatic rings. The van der Waals surface area contributed by atoms with Gasteiger partial charge in [-0.3, -0.25) is 19.0 Å². The van der Waals surface area contributed by atoms with E-state index in [2.05, 4.69) is 10.1 Å². The molecule has 1 aliphatic rings. The number of nitrogens with two attached hydrogens (primary N) is 1. The lowest BCUT2D eigenvalue weighted by molar-refractivity contribution is -0.0592. The van der Waals surface area contributed by atoms with Crippen LogP contribution < -0.4 is 5.73 Å². The van der Waals surface area contributed by atoms with Gasteiger partial charge in [-0.2, -0.15) is 0 Å². The largest absolute Gasteiger partial charge is 0.474 e. The molecule has 2 heterocycles. The molecule has 0 aliphatic carbocycles. The van der Waals surface area contributed by atoms with E-state index in [-0.39, 0.29) is 18.3 Å². The third kappa shape index (κ3) is 6.30. The zero-order chi connectivity index (χ0) is 21.8. The van der Waals surface area contributed by atoms with Crippen molar-refractivity contribution in [3.8, 4) is 0 Å². The molecule has 7 unspecified atom stereocenters. The van der Waals surface area contributed by atoms with Crippen molar-refractivity contribution in [1.82, 2.24) is 14.8 Å². The fraction of sp³-hybridized carbons (Fsp3) is 0.615. The second-order valence-electron chi connectivity index (χ2n) is 5.89. The van der Waals surface area contributed by atoms with E-state index in [1.165, 1.54) is 12.4 Å². The number of aromatic nitrogens is 3. The Morgan fingerprint density at radius 3 is 2.79 bits per heavy atom. The van der Waals surface area contributed by atoms with Gasteiger partial charge in [0, 0.05) is 7.11 Å². The number of aliphatic hydroxyl groups is 2. The number of amidine groups is 1. The number of hydrogen-bond acceptors (Lipinski definition) is 10. The molecule has 1 saturated heterocycles. The third-order valence-electron chi connectivity index (χ3n) is 3.92. The van der Waals surface area contributed by atoms with Crippen LogP contribution in [0, 0.1) is 5.41 Å². The summed E-state index contributed by atoms with van der Waals surface area (Å²) in [6.07, 6.45) is -2.42. The molecule has 0 amide bonds. The van der Waals surface area contributed by atoms with E-state index in [9.17, 15) is 19.0 Å². The van der Waals surface area contributed by atoms with Gasteiger partial charge in [-0.05, 0) is 12.2 Å². The van der Waals surface area contributed by atoms with Gasteiger partial charge < -0.3 is 20.7 Å². The van der Waals surface area contributed by atoms with Gasteiger partial charge in [-0.15, -0.1) is 5.10 Å². The van der Waals surface area contributed by atoms with Crippen molar-refractivity contribution in [2.24, 2.45) is 5.73 Å². The molecule has 12 nitrogen and oxygen atoms in total. The fourth-order valence-corrected chi connectivity index (χ4v) is 3.69. The van der Waals surface area contributed by atoms with Crippen LogP contribution in [0.3, 0.4) is 0 Å². The second kappa shape index (κ2) is 10.4. The number of nitrogens with zero attached hydrogens (tertiary/aromatic N) is 3. The number of aliphatic hydroxyl groups excluding tert-OH is 2. The van der Waals surface area contributed by atoms with Crippen LogP contribution in [0.1, 0.15) is 19.0 Å². The van der Waals surface area contributed by atoms with Crippen molar-refractivity contribution in [2.45, 2.75) is 31.5 Å². The first-order chi connectivity index (χ1) is 13.6. The van der Waals surface area contributed by atoms with Gasteiger partial charge in [-0.25, -0.2) is 18.4 Å². The first-order valence-electron chi connectivity index (χ1n) is 8.17. The minimum Gasteiger partial charge on any atom is -0.387 e. The molecule has 5 N–H and O–H groups in total. The topological polar surface area (TPSA) is 175 Å². The van der Waals surface area contributed by atoms with Crippen molar-refractivity contribution < 1.29 is 37.3 Å². The van der Waals surface area contributed by atoms with E-state index in [1.54, 1.807) is 6.92 Å². The highest BCUT2D eigenvalue weighted by molar-refractivity contribution is 8.12. The highest BCUT2D eigenvalue weighted by atomic mass is 32.0. The number of halogens is 1. The minimum atomic E-state index is -4.00. The summed E-state index contributed by atoms with van der Waals surface area (Å²) in [6.45, 7) is 0.920. The molecule has 7 atom stereocenters. The van der Waals surface area contributed by atoms with E-state index in [0.29, 0.717) is 5.31 Å². The Balaban J connectivity index is 1.97. The standard InChI is InChI=1S/C13H23FN5O7P3/c1-7(28(14)27)3-4-24-29(22,23-2)25-5-8-9(20)10(21)13(26-8)19-6-17-12(18-19)11(15)16/h3,6,8-10,13,20-21H,4-5,27H2,1-2H3,(H3,15,16)/b7-3+. The molecule has 0 saturated carbocycles. The van der Waals surface area contributed by atoms with E-state index in [1.807, 2.05) is 8.93 Å². The Labute approximate surface area is 169 Å². The number of phosphoric acid groups is 1. The van der Waals surface area contributed by atoms with Gasteiger partial charge in [-0.1, -0.05) is 15.0 Å². The van der Waals surface area contributed by atoms with Crippen LogP contribution in [0.2, 0.25) is 0 Å². The van der Waals surface area contributed by atoms with Crippen LogP contribution in [0.5, 0.6) is 0 Å². The summed E-state index contributed by atoms with van der Waals surface area (Å²) in [7, 11) is -2.72. The van der Waals surface area contributed by atoms with Crippen molar-refractivity contribution in [2.75, 3.05) is 20.3 Å². The highest BCUT2D eigenvalue weighted by Gasteiger charge is 2.45. The van der Waals surface area contributed by atoms with E-state index < -0.39 is 46.9 Å². The normalized spacial score (nSPS) is 28.3. The van der Waals surface area contributed by atoms with Crippen LogP contribution in [-0.4, -0.2) is 69.4 Å². The van der Waals surface area contributed by atoms with E-state index in [4.69, 9.17) is 29.5 Å². The highest BCUT2D eigenvalue weighted by Crippen LogP contribution is 2.54. The predicted molar refractivity (Wildman–Crippen MR) is 105 cm³/mol. The Hall–Kier alpha value is -0.870. The summed E-state index contributed by atoms with van der Waals surface area (Å²) in [5.74, 6) is -0.445. The van der Waals surface area contributed by atoms with Gasteiger partial charge in [0.05, 0.1) is 13.2 Å². The number of rotatable bonds is 10. The van der Waals surface area contributed by atoms with Crippen LogP contribution in [-0.2, 0) is 22.9 Å². The molecule has 29 heavy (non-hydrogen) atoms. The Morgan fingerprint density at radius 2 is 2.24 bits per heavy atom. The minimum absolute atomic E-state index is 0.0713. The van der Waals surface area contributed by atoms with Crippen LogP contribution in [0.25, 0.3) is 0 Å². The summed E-state index contributed by atoms with van der Waals surface area (Å²) >= 11 is 0. The molecule has 0 bridgehead atoms. The molecule has 0 radical (unpaired) electrons. The van der Waals surface area contributed by atoms with Crippen molar-refractivity contribution in [3.05, 3.63) is 23.5 Å². The molecular formula is C13H23FN5O7P3. The number of nitrogen functional groups attached to an aromatic ring is 1. The maximum atomic E-state index is 13.1. The van der Waals surface area contributed by atoms with Gasteiger partial charge in [0.25, 0.3) is 0 Å². The van der Waals surface area contributed by atoms with Crippen molar-refractivity contribution in [3.63, 3.8) is 0 Å². The maximum Gasteiger partial charge on any atom is 0.474 e. The Bertz CT molecular complexity index is 795. The molecule has 16 heteroatoms. The summed E-state index contributed by atoms with van der Waals surface area (Å²) in [6, 6.07) is 0. The SMILES string of the molecule is COP(=O)(OC/C=C(\C)P(F)P)OCC1OC(n2cnc(C(=N)N)n2)C(O)C1O. The number of allylic oxidation sites excluding steroid dienone is 1. The van der Waals surface area contributed by atoms with E-state index in [0.717, 1.165) is 11.8 Å². The number of phosphoric ester groups is 1. The van der Waals surface area contributed by atoms with Crippen LogP contribution >= 0.6 is 24.7 Å². The smallest absolute Gasteiger partial charge is 0.387 e. The molecule has 164 valence electrons. The molecule has 2 rings (SSSR count). The number of ether oxygens (including phenoxy) is 1. The maximum absolute atomic E-state index is 13.1. The quantitative estimate of drug-likeness (QED) is 0.218. The zero-order valence-corrected chi connectivity index (χ0v) is 18.5. The lowest BCUT2D eigenvalue weighted by Crippen LogP contribution is -2.33. The van der Waals surface area contributed by atoms with Gasteiger partial charge in [0.15, 0.2) is 12.1 Å². The molecular weight excluding hydrogens is 450 g/mol. The van der Waals surface area contributed by atoms with Crippen molar-refractivity contribution in [1.29, 1.82) is 5.41 Å². The predicted octanol–water partition coefficient (Wildman–Crippen LogP) is 1.03. The Kier molecular flexibility index (Phi) is 8.78. The summed E-state index contributed by atoms with van der Waals surface area (Å²) in [5, 5.41) is 32.0. The number of hydrogen-bond donors (Lipinski definition) is 4. The van der Waals surface area contributed by atoms with Gasteiger partial charge >= 0.3 is 7.82 Å².